The predicted molar refractivity (Wildman–Crippen MR) is 102 cm³/mol. The Bertz CT molecular complexity index is 1080. The van der Waals surface area contributed by atoms with Crippen LogP contribution in [0.1, 0.15) is 42.4 Å². The van der Waals surface area contributed by atoms with Gasteiger partial charge in [-0.1, -0.05) is 31.5 Å². The van der Waals surface area contributed by atoms with E-state index in [4.69, 9.17) is 0 Å². The van der Waals surface area contributed by atoms with Crippen LogP contribution in [0.3, 0.4) is 0 Å². The van der Waals surface area contributed by atoms with Crippen molar-refractivity contribution in [3.8, 4) is 5.95 Å². The first-order valence-corrected chi connectivity index (χ1v) is 9.64. The van der Waals surface area contributed by atoms with Crippen molar-refractivity contribution in [1.82, 2.24) is 34.8 Å². The van der Waals surface area contributed by atoms with E-state index in [9.17, 15) is 9.59 Å². The second-order valence-electron chi connectivity index (χ2n) is 7.38. The highest BCUT2D eigenvalue weighted by atomic mass is 16.2. The van der Waals surface area contributed by atoms with Crippen molar-refractivity contribution in [2.75, 3.05) is 11.9 Å². The van der Waals surface area contributed by atoms with Gasteiger partial charge in [0.15, 0.2) is 0 Å². The molecule has 0 unspecified atom stereocenters. The van der Waals surface area contributed by atoms with Crippen LogP contribution in [-0.4, -0.2) is 59.2 Å². The summed E-state index contributed by atoms with van der Waals surface area (Å²) in [5, 5.41) is 17.3. The Balaban J connectivity index is 1.50. The molecular formula is C19H20N8O2. The number of nitrogens with zero attached hydrogens (tertiary/aromatic N) is 6. The molecule has 0 aliphatic carbocycles. The summed E-state index contributed by atoms with van der Waals surface area (Å²) in [7, 11) is 0. The van der Waals surface area contributed by atoms with Crippen LogP contribution in [0.4, 0.5) is 5.69 Å². The summed E-state index contributed by atoms with van der Waals surface area (Å²) in [5.41, 5.74) is 1.09. The minimum absolute atomic E-state index is 0.0322. The van der Waals surface area contributed by atoms with Gasteiger partial charge in [-0.25, -0.2) is 0 Å². The average molecular weight is 392 g/mol. The lowest BCUT2D eigenvalue weighted by atomic mass is 9.73. The zero-order valence-corrected chi connectivity index (χ0v) is 15.9. The molecule has 2 aromatic heterocycles. The number of hydrogen-bond acceptors (Lipinski definition) is 6. The van der Waals surface area contributed by atoms with Crippen LogP contribution in [0.2, 0.25) is 0 Å². The lowest BCUT2D eigenvalue weighted by Gasteiger charge is -2.33. The van der Waals surface area contributed by atoms with E-state index in [-0.39, 0.29) is 23.7 Å². The van der Waals surface area contributed by atoms with E-state index in [0.717, 1.165) is 24.1 Å². The number of rotatable bonds is 4. The van der Waals surface area contributed by atoms with Crippen LogP contribution in [0.15, 0.2) is 36.9 Å². The van der Waals surface area contributed by atoms with Gasteiger partial charge < -0.3 is 10.2 Å². The Morgan fingerprint density at radius 1 is 1.28 bits per heavy atom. The summed E-state index contributed by atoms with van der Waals surface area (Å²) in [6.07, 6.45) is 5.08. The summed E-state index contributed by atoms with van der Waals surface area (Å²) in [6, 6.07) is 7.51. The third-order valence-electron chi connectivity index (χ3n) is 5.90. The number of carbonyl (C=O) groups excluding carboxylic acids is 2. The van der Waals surface area contributed by atoms with Crippen LogP contribution in [0.5, 0.6) is 0 Å². The molecule has 2 aliphatic rings. The molecule has 10 nitrogen and oxygen atoms in total. The molecule has 148 valence electrons. The number of benzene rings is 1. The van der Waals surface area contributed by atoms with Crippen LogP contribution in [-0.2, 0) is 10.2 Å². The van der Waals surface area contributed by atoms with Crippen molar-refractivity contribution in [3.63, 3.8) is 0 Å². The fraction of sp³-hybridized carbons (Fsp3) is 0.368. The molecule has 1 fully saturated rings. The van der Waals surface area contributed by atoms with Crippen molar-refractivity contribution in [1.29, 1.82) is 0 Å². The largest absolute Gasteiger partial charge is 0.331 e. The number of aromatic nitrogens is 6. The molecule has 2 N–H and O–H groups in total. The van der Waals surface area contributed by atoms with Gasteiger partial charge in [0.25, 0.3) is 11.9 Å². The highest BCUT2D eigenvalue weighted by molar-refractivity contribution is 6.08. The normalized spacial score (nSPS) is 22.9. The molecule has 1 saturated heterocycles. The molecule has 0 radical (unpaired) electrons. The van der Waals surface area contributed by atoms with Crippen LogP contribution < -0.4 is 5.32 Å². The average Bonchev–Trinajstić information content (AvgIpc) is 3.50. The van der Waals surface area contributed by atoms with Crippen molar-refractivity contribution >= 4 is 17.5 Å². The number of amides is 2. The molecule has 29 heavy (non-hydrogen) atoms. The zero-order valence-electron chi connectivity index (χ0n) is 15.9. The summed E-state index contributed by atoms with van der Waals surface area (Å²) in [5.74, 6) is 0.140. The van der Waals surface area contributed by atoms with E-state index < -0.39 is 5.41 Å². The van der Waals surface area contributed by atoms with Crippen molar-refractivity contribution in [3.05, 3.63) is 48.3 Å². The zero-order chi connectivity index (χ0) is 20.0. The number of likely N-dealkylation sites (tertiary alicyclic amines) is 1. The molecule has 1 spiro atoms. The maximum atomic E-state index is 13.3. The first-order chi connectivity index (χ1) is 14.1. The quantitative estimate of drug-likeness (QED) is 0.690. The number of H-pyrrole nitrogens is 1. The molecule has 4 heterocycles. The molecule has 2 amide bonds. The van der Waals surface area contributed by atoms with Crippen LogP contribution in [0, 0.1) is 0 Å². The van der Waals surface area contributed by atoms with Crippen molar-refractivity contribution < 1.29 is 9.59 Å². The fourth-order valence-electron chi connectivity index (χ4n) is 4.62. The van der Waals surface area contributed by atoms with Gasteiger partial charge in [0.2, 0.25) is 11.7 Å². The van der Waals surface area contributed by atoms with E-state index in [1.807, 2.05) is 24.3 Å². The van der Waals surface area contributed by atoms with E-state index >= 15 is 0 Å². The number of hydrogen-bond donors (Lipinski definition) is 2. The molecule has 1 aromatic carbocycles. The Morgan fingerprint density at radius 3 is 2.86 bits per heavy atom. The Hall–Kier alpha value is -3.56. The Labute approximate surface area is 166 Å². The maximum absolute atomic E-state index is 13.3. The van der Waals surface area contributed by atoms with Crippen molar-refractivity contribution in [2.24, 2.45) is 0 Å². The Kier molecular flexibility index (Phi) is 3.93. The van der Waals surface area contributed by atoms with Gasteiger partial charge in [-0.15, -0.1) is 15.3 Å². The minimum Gasteiger partial charge on any atom is -0.331 e. The molecule has 3 aromatic rings. The van der Waals surface area contributed by atoms with Gasteiger partial charge in [-0.05, 0) is 24.5 Å². The third-order valence-corrected chi connectivity index (χ3v) is 5.90. The van der Waals surface area contributed by atoms with E-state index in [1.165, 1.54) is 17.2 Å². The second kappa shape index (κ2) is 6.50. The number of fused-ring (bicyclic) bond motifs is 2. The van der Waals surface area contributed by atoms with E-state index in [1.54, 1.807) is 4.90 Å². The molecular weight excluding hydrogens is 372 g/mol. The first-order valence-electron chi connectivity index (χ1n) is 9.64. The van der Waals surface area contributed by atoms with Crippen molar-refractivity contribution in [2.45, 2.75) is 37.6 Å². The van der Waals surface area contributed by atoms with Gasteiger partial charge in [0.05, 0.1) is 11.5 Å². The maximum Gasteiger partial charge on any atom is 0.291 e. The van der Waals surface area contributed by atoms with E-state index in [0.29, 0.717) is 18.9 Å². The highest BCUT2D eigenvalue weighted by Crippen LogP contribution is 2.49. The lowest BCUT2D eigenvalue weighted by molar-refractivity contribution is -0.121. The molecule has 5 rings (SSSR count). The molecule has 2 aliphatic heterocycles. The summed E-state index contributed by atoms with van der Waals surface area (Å²) >= 11 is 0. The van der Waals surface area contributed by atoms with Crippen LogP contribution >= 0.6 is 0 Å². The van der Waals surface area contributed by atoms with Gasteiger partial charge in [-0.2, -0.15) is 4.98 Å². The highest BCUT2D eigenvalue weighted by Gasteiger charge is 2.58. The molecule has 2 atom stereocenters. The van der Waals surface area contributed by atoms with E-state index in [2.05, 4.69) is 37.6 Å². The number of carbonyl (C=O) groups is 2. The first kappa shape index (κ1) is 17.5. The minimum atomic E-state index is -0.723. The standard InChI is InChI=1S/C19H20N8O2/c1-2-5-14-19(12-6-3-4-7-13(12)22-17(19)29)8-9-27(14)16(28)15-23-18(25-24-15)26-10-20-21-11-26/h3-4,6-7,10-11,14H,2,5,8-9H2,1H3,(H,22,29)(H,23,24,25)/t14-,19+/m0/s1. The Morgan fingerprint density at radius 2 is 2.07 bits per heavy atom. The summed E-state index contributed by atoms with van der Waals surface area (Å²) in [4.78, 5) is 32.5. The number of para-hydroxylation sites is 1. The topological polar surface area (TPSA) is 122 Å². The van der Waals surface area contributed by atoms with Gasteiger partial charge >= 0.3 is 0 Å². The smallest absolute Gasteiger partial charge is 0.291 e. The fourth-order valence-corrected chi connectivity index (χ4v) is 4.62. The van der Waals surface area contributed by atoms with Gasteiger partial charge in [0.1, 0.15) is 12.7 Å². The lowest BCUT2D eigenvalue weighted by Crippen LogP contribution is -2.48. The summed E-state index contributed by atoms with van der Waals surface area (Å²) in [6.45, 7) is 2.54. The van der Waals surface area contributed by atoms with Gasteiger partial charge in [-0.3, -0.25) is 19.3 Å². The third kappa shape index (κ3) is 2.48. The second-order valence-corrected chi connectivity index (χ2v) is 7.38. The number of aromatic amines is 1. The molecule has 10 heteroatoms. The monoisotopic (exact) mass is 392 g/mol. The molecule has 0 bridgehead atoms. The van der Waals surface area contributed by atoms with Crippen LogP contribution in [0.25, 0.3) is 5.95 Å². The predicted octanol–water partition coefficient (Wildman–Crippen LogP) is 1.29. The van der Waals surface area contributed by atoms with Gasteiger partial charge in [0, 0.05) is 12.2 Å². The number of nitrogens with one attached hydrogen (secondary N) is 2. The summed E-state index contributed by atoms with van der Waals surface area (Å²) < 4.78 is 1.52. The molecule has 0 saturated carbocycles. The number of anilines is 1. The SMILES string of the molecule is CCC[C@@H]1N(C(=O)c2nc(-n3cnnc3)n[nH]2)CC[C@]12C(=O)Nc1ccccc12.